The van der Waals surface area contributed by atoms with E-state index in [0.29, 0.717) is 17.0 Å². The Labute approximate surface area is 106 Å². The first-order chi connectivity index (χ1) is 8.51. The number of hydrogen-bond acceptors (Lipinski definition) is 2. The van der Waals surface area contributed by atoms with Gasteiger partial charge in [0.15, 0.2) is 0 Å². The van der Waals surface area contributed by atoms with Crippen LogP contribution in [0.5, 0.6) is 0 Å². The molecule has 3 nitrogen and oxygen atoms in total. The van der Waals surface area contributed by atoms with E-state index in [2.05, 4.69) is 16.5 Å². The van der Waals surface area contributed by atoms with E-state index < -0.39 is 0 Å². The van der Waals surface area contributed by atoms with Crippen LogP contribution in [0.1, 0.15) is 38.2 Å². The van der Waals surface area contributed by atoms with Crippen molar-refractivity contribution in [3.8, 4) is 0 Å². The van der Waals surface area contributed by atoms with E-state index in [1.165, 1.54) is 18.9 Å². The summed E-state index contributed by atoms with van der Waals surface area (Å²) in [6, 6.07) is 3.34. The molecule has 1 heterocycles. The summed E-state index contributed by atoms with van der Waals surface area (Å²) in [5.74, 6) is 0.281. The Kier molecular flexibility index (Phi) is 2.37. The zero-order chi connectivity index (χ0) is 12.9. The number of fused-ring (bicyclic) bond motifs is 1. The Morgan fingerprint density at radius 1 is 1.33 bits per heavy atom. The van der Waals surface area contributed by atoms with Crippen LogP contribution in [0.2, 0.25) is 0 Å². The molecule has 0 saturated heterocycles. The normalized spacial score (nSPS) is 18.6. The molecule has 0 unspecified atom stereocenters. The third-order valence-electron chi connectivity index (χ3n) is 4.18. The molecule has 0 spiro atoms. The number of anilines is 1. The van der Waals surface area contributed by atoms with E-state index >= 15 is 0 Å². The Balaban J connectivity index is 2.28. The minimum absolute atomic E-state index is 0.0309. The predicted octanol–water partition coefficient (Wildman–Crippen LogP) is 3.36. The first-order valence-corrected chi connectivity index (χ1v) is 6.46. The molecule has 1 saturated carbocycles. The van der Waals surface area contributed by atoms with Crippen molar-refractivity contribution in [2.45, 2.75) is 45.1 Å². The first-order valence-electron chi connectivity index (χ1n) is 6.46. The largest absolute Gasteiger partial charge is 0.369 e. The molecule has 1 aliphatic rings. The van der Waals surface area contributed by atoms with Crippen molar-refractivity contribution in [1.29, 1.82) is 0 Å². The molecule has 1 fully saturated rings. The van der Waals surface area contributed by atoms with Gasteiger partial charge in [0.25, 0.3) is 0 Å². The first kappa shape index (κ1) is 11.5. The lowest BCUT2D eigenvalue weighted by molar-refractivity contribution is 0.343. The van der Waals surface area contributed by atoms with Crippen molar-refractivity contribution in [2.75, 3.05) is 5.73 Å². The number of nitrogen functional groups attached to an aromatic ring is 1. The maximum Gasteiger partial charge on any atom is 0.201 e. The summed E-state index contributed by atoms with van der Waals surface area (Å²) in [4.78, 5) is 4.31. The van der Waals surface area contributed by atoms with E-state index in [1.807, 2.05) is 6.07 Å². The van der Waals surface area contributed by atoms with Gasteiger partial charge in [0.05, 0.1) is 11.0 Å². The van der Waals surface area contributed by atoms with E-state index in [0.717, 1.165) is 18.4 Å². The summed E-state index contributed by atoms with van der Waals surface area (Å²) < 4.78 is 15.7. The van der Waals surface area contributed by atoms with Crippen molar-refractivity contribution < 1.29 is 4.39 Å². The van der Waals surface area contributed by atoms with Gasteiger partial charge < -0.3 is 10.3 Å². The van der Waals surface area contributed by atoms with Gasteiger partial charge in [-0.1, -0.05) is 12.8 Å². The van der Waals surface area contributed by atoms with Crippen molar-refractivity contribution in [2.24, 2.45) is 0 Å². The molecular formula is C14H18FN3. The molecule has 4 heteroatoms. The van der Waals surface area contributed by atoms with Crippen molar-refractivity contribution in [1.82, 2.24) is 9.55 Å². The maximum atomic E-state index is 13.6. The molecule has 1 aromatic carbocycles. The molecule has 2 aromatic rings. The highest BCUT2D eigenvalue weighted by Crippen LogP contribution is 2.40. The fourth-order valence-corrected chi connectivity index (χ4v) is 3.15. The van der Waals surface area contributed by atoms with Gasteiger partial charge >= 0.3 is 0 Å². The number of hydrogen-bond donors (Lipinski definition) is 1. The molecule has 0 aliphatic heterocycles. The molecule has 1 aliphatic carbocycles. The lowest BCUT2D eigenvalue weighted by Crippen LogP contribution is -2.27. The van der Waals surface area contributed by atoms with E-state index in [-0.39, 0.29) is 11.4 Å². The van der Waals surface area contributed by atoms with Crippen LogP contribution in [0.3, 0.4) is 0 Å². The highest BCUT2D eigenvalue weighted by Gasteiger charge is 2.33. The van der Waals surface area contributed by atoms with Crippen LogP contribution in [0.15, 0.2) is 12.1 Å². The second-order valence-electron chi connectivity index (χ2n) is 5.60. The molecule has 0 radical (unpaired) electrons. The van der Waals surface area contributed by atoms with Gasteiger partial charge in [-0.05, 0) is 38.3 Å². The fraction of sp³-hybridized carbons (Fsp3) is 0.500. The molecule has 0 amide bonds. The second-order valence-corrected chi connectivity index (χ2v) is 5.60. The van der Waals surface area contributed by atoms with Crippen LogP contribution in [0.4, 0.5) is 10.3 Å². The summed E-state index contributed by atoms with van der Waals surface area (Å²) in [5, 5.41) is 0. The van der Waals surface area contributed by atoms with Crippen LogP contribution in [-0.2, 0) is 5.54 Å². The number of nitrogens with two attached hydrogens (primary N) is 1. The number of nitrogens with zero attached hydrogens (tertiary/aromatic N) is 2. The molecule has 2 N–H and O–H groups in total. The zero-order valence-corrected chi connectivity index (χ0v) is 10.8. The number of aromatic nitrogens is 2. The summed E-state index contributed by atoms with van der Waals surface area (Å²) >= 11 is 0. The van der Waals surface area contributed by atoms with Gasteiger partial charge in [0.1, 0.15) is 5.82 Å². The zero-order valence-electron chi connectivity index (χ0n) is 10.8. The van der Waals surface area contributed by atoms with Crippen molar-refractivity contribution in [3.05, 3.63) is 23.5 Å². The molecule has 0 bridgehead atoms. The van der Waals surface area contributed by atoms with Gasteiger partial charge in [0, 0.05) is 11.6 Å². The van der Waals surface area contributed by atoms with Crippen LogP contribution in [0.25, 0.3) is 11.0 Å². The standard InChI is InChI=1S/C14H18FN3/c1-9-7-12-11(8-10(9)15)17-13(16)18(12)14(2)5-3-4-6-14/h7-8H,3-6H2,1-2H3,(H2,16,17). The van der Waals surface area contributed by atoms with Gasteiger partial charge in [0.2, 0.25) is 5.95 Å². The van der Waals surface area contributed by atoms with Gasteiger partial charge in [-0.15, -0.1) is 0 Å². The fourth-order valence-electron chi connectivity index (χ4n) is 3.15. The molecule has 96 valence electrons. The minimum atomic E-state index is -0.219. The highest BCUT2D eigenvalue weighted by atomic mass is 19.1. The third-order valence-corrected chi connectivity index (χ3v) is 4.18. The van der Waals surface area contributed by atoms with E-state index in [4.69, 9.17) is 5.73 Å². The number of aryl methyl sites for hydroxylation is 1. The predicted molar refractivity (Wildman–Crippen MR) is 71.0 cm³/mol. The molecule has 1 aromatic heterocycles. The lowest BCUT2D eigenvalue weighted by Gasteiger charge is -2.27. The molecule has 18 heavy (non-hydrogen) atoms. The quantitative estimate of drug-likeness (QED) is 0.839. The SMILES string of the molecule is Cc1cc2c(cc1F)nc(N)n2C1(C)CCCC1. The van der Waals surface area contributed by atoms with Crippen LogP contribution in [-0.4, -0.2) is 9.55 Å². The van der Waals surface area contributed by atoms with Crippen LogP contribution >= 0.6 is 0 Å². The van der Waals surface area contributed by atoms with Crippen molar-refractivity contribution in [3.63, 3.8) is 0 Å². The molecule has 0 atom stereocenters. The lowest BCUT2D eigenvalue weighted by atomic mass is 10.00. The van der Waals surface area contributed by atoms with E-state index in [9.17, 15) is 4.39 Å². The summed E-state index contributed by atoms with van der Waals surface area (Å²) in [5.41, 5.74) is 8.33. The van der Waals surface area contributed by atoms with Gasteiger partial charge in [-0.2, -0.15) is 0 Å². The monoisotopic (exact) mass is 247 g/mol. The average molecular weight is 247 g/mol. The summed E-state index contributed by atoms with van der Waals surface area (Å²) in [6.45, 7) is 4.00. The van der Waals surface area contributed by atoms with Gasteiger partial charge in [-0.25, -0.2) is 9.37 Å². The van der Waals surface area contributed by atoms with Crippen molar-refractivity contribution >= 4 is 17.0 Å². The topological polar surface area (TPSA) is 43.8 Å². The Morgan fingerprint density at radius 2 is 2.00 bits per heavy atom. The minimum Gasteiger partial charge on any atom is -0.369 e. The number of imidazole rings is 1. The summed E-state index contributed by atoms with van der Waals surface area (Å²) in [7, 11) is 0. The Bertz CT molecular complexity index is 609. The Hall–Kier alpha value is -1.58. The average Bonchev–Trinajstić information content (AvgIpc) is 2.84. The smallest absolute Gasteiger partial charge is 0.201 e. The van der Waals surface area contributed by atoms with E-state index in [1.54, 1.807) is 6.92 Å². The summed E-state index contributed by atoms with van der Waals surface area (Å²) in [6.07, 6.45) is 4.66. The van der Waals surface area contributed by atoms with Gasteiger partial charge in [-0.3, -0.25) is 0 Å². The molecule has 3 rings (SSSR count). The van der Waals surface area contributed by atoms with Crippen LogP contribution < -0.4 is 5.73 Å². The number of rotatable bonds is 1. The number of benzene rings is 1. The van der Waals surface area contributed by atoms with Crippen LogP contribution in [0, 0.1) is 12.7 Å². The molecular weight excluding hydrogens is 229 g/mol. The Morgan fingerprint density at radius 3 is 2.67 bits per heavy atom. The third kappa shape index (κ3) is 1.51. The number of halogens is 1. The second kappa shape index (κ2) is 3.70. The highest BCUT2D eigenvalue weighted by molar-refractivity contribution is 5.79. The maximum absolute atomic E-state index is 13.6.